The number of carbonyl (C=O) groups excluding carboxylic acids is 4. The Labute approximate surface area is 362 Å². The number of esters is 2. The van der Waals surface area contributed by atoms with Crippen molar-refractivity contribution in [2.75, 3.05) is 6.61 Å². The van der Waals surface area contributed by atoms with Gasteiger partial charge in [0.25, 0.3) is 0 Å². The van der Waals surface area contributed by atoms with Gasteiger partial charge in [0.05, 0.1) is 35.8 Å². The van der Waals surface area contributed by atoms with Gasteiger partial charge in [0.1, 0.15) is 29.5 Å². The summed E-state index contributed by atoms with van der Waals surface area (Å²) < 4.78 is 17.6. The Morgan fingerprint density at radius 1 is 1.02 bits per heavy atom. The number of hydrogen-bond acceptors (Lipinski definition) is 12. The Morgan fingerprint density at radius 3 is 2.18 bits per heavy atom. The predicted molar refractivity (Wildman–Crippen MR) is 166 cm³/mol. The molecule has 1 heterocycles. The van der Waals surface area contributed by atoms with Crippen molar-refractivity contribution in [1.29, 1.82) is 0 Å². The minimum absolute atomic E-state index is 0. The molecular formula is C35H45Ac2NO12. The van der Waals surface area contributed by atoms with Gasteiger partial charge in [-0.2, -0.15) is 0 Å². The minimum Gasteiger partial charge on any atom is -0.456 e. The number of carbonyl (C=O) groups is 4. The SMILES string of the molecule is CC(=O)NC(C1CC1)C(O)C(=O)OC1CC2(O)C(OC(=O)c3ccccc3)C3[C@]4(O)COC4CC(O)[C@@]3(C)C(=O)C(O)C(=C1C)C2(C)C.[Ac].[Ac]. The van der Waals surface area contributed by atoms with Crippen molar-refractivity contribution in [2.45, 2.75) is 114 Å². The molecule has 5 aliphatic rings. The summed E-state index contributed by atoms with van der Waals surface area (Å²) in [5.74, 6) is -4.88. The first-order chi connectivity index (χ1) is 22.4. The fourth-order valence-corrected chi connectivity index (χ4v) is 8.88. The summed E-state index contributed by atoms with van der Waals surface area (Å²) in [5.41, 5.74) is -7.21. The van der Waals surface area contributed by atoms with Crippen molar-refractivity contribution in [2.24, 2.45) is 22.7 Å². The maximum Gasteiger partial charge on any atom is 0.338 e. The molecule has 13 nitrogen and oxygen atoms in total. The monoisotopic (exact) mass is 1130 g/mol. The number of aliphatic hydroxyl groups excluding tert-OH is 3. The largest absolute Gasteiger partial charge is 0.456 e. The third-order valence-corrected chi connectivity index (χ3v) is 12.0. The van der Waals surface area contributed by atoms with Gasteiger partial charge in [0, 0.05) is 119 Å². The molecule has 15 heteroatoms. The molecule has 1 amide bonds. The van der Waals surface area contributed by atoms with E-state index in [0.29, 0.717) is 12.8 Å². The van der Waals surface area contributed by atoms with E-state index in [-0.39, 0.29) is 124 Å². The van der Waals surface area contributed by atoms with Crippen molar-refractivity contribution in [3.05, 3.63) is 47.0 Å². The topological polar surface area (TPSA) is 209 Å². The van der Waals surface area contributed by atoms with Crippen molar-refractivity contribution in [3.8, 4) is 0 Å². The van der Waals surface area contributed by atoms with Crippen LogP contribution in [0.3, 0.4) is 0 Å². The van der Waals surface area contributed by atoms with Crippen LogP contribution in [0.1, 0.15) is 70.7 Å². The van der Waals surface area contributed by atoms with Gasteiger partial charge < -0.3 is 45.1 Å². The quantitative estimate of drug-likeness (QED) is 0.162. The zero-order chi connectivity index (χ0) is 35.1. The van der Waals surface area contributed by atoms with Gasteiger partial charge in [-0.05, 0) is 55.9 Å². The van der Waals surface area contributed by atoms with Crippen LogP contribution in [0.15, 0.2) is 41.5 Å². The first-order valence-electron chi connectivity index (χ1n) is 16.5. The maximum atomic E-state index is 14.5. The summed E-state index contributed by atoms with van der Waals surface area (Å²) in [4.78, 5) is 53.6. The van der Waals surface area contributed by atoms with E-state index in [0.717, 1.165) is 0 Å². The maximum absolute atomic E-state index is 14.5. The van der Waals surface area contributed by atoms with E-state index < -0.39 is 101 Å². The first-order valence-corrected chi connectivity index (χ1v) is 16.5. The van der Waals surface area contributed by atoms with E-state index in [4.69, 9.17) is 14.2 Å². The number of fused-ring (bicyclic) bond motifs is 5. The Hall–Kier alpha value is -0.317. The molecule has 50 heavy (non-hydrogen) atoms. The van der Waals surface area contributed by atoms with Crippen molar-refractivity contribution in [3.63, 3.8) is 0 Å². The van der Waals surface area contributed by atoms with E-state index in [9.17, 15) is 44.7 Å². The number of rotatable bonds is 7. The summed E-state index contributed by atoms with van der Waals surface area (Å²) in [6.45, 7) is 7.05. The predicted octanol–water partition coefficient (Wildman–Crippen LogP) is 0.338. The van der Waals surface area contributed by atoms with E-state index in [1.165, 1.54) is 32.9 Å². The van der Waals surface area contributed by atoms with E-state index in [1.54, 1.807) is 32.0 Å². The standard InChI is InChI=1S/C35H45NO12.2Ac/c1-16-20(47-31(43)26(40)24(18-11-12-18)36-17(2)37)14-35(45)29(48-30(42)19-9-7-6-8-10-19)27-33(5,21(38)13-22-34(27,44)15-46-22)28(41)25(39)23(16)32(35,3)4;;/h6-10,18,20-22,24-27,29,38-40,44-45H,11-15H2,1-5H3,(H,36,37);;/t20?,21?,22?,24?,25?,26?,27?,29?,33-,34+,35?;;/m1../s1. The van der Waals surface area contributed by atoms with Crippen LogP contribution in [0.2, 0.25) is 0 Å². The molecule has 0 aromatic heterocycles. The number of nitrogens with one attached hydrogen (secondary N) is 1. The molecule has 268 valence electrons. The molecule has 1 saturated heterocycles. The fraction of sp³-hybridized carbons (Fsp3) is 0.657. The van der Waals surface area contributed by atoms with Gasteiger partial charge in [0.2, 0.25) is 5.91 Å². The van der Waals surface area contributed by atoms with Crippen molar-refractivity contribution in [1.82, 2.24) is 5.32 Å². The molecule has 4 aliphatic carbocycles. The molecule has 2 bridgehead atoms. The second-order valence-corrected chi connectivity index (χ2v) is 15.0. The Morgan fingerprint density at radius 2 is 1.64 bits per heavy atom. The van der Waals surface area contributed by atoms with Crippen LogP contribution in [0, 0.1) is 111 Å². The van der Waals surface area contributed by atoms with Crippen LogP contribution in [-0.4, -0.2) is 110 Å². The summed E-state index contributed by atoms with van der Waals surface area (Å²) in [5, 5.41) is 62.3. The molecule has 6 rings (SSSR count). The van der Waals surface area contributed by atoms with Gasteiger partial charge in [-0.1, -0.05) is 32.0 Å². The normalized spacial score (nSPS) is 38.2. The molecule has 9 unspecified atom stereocenters. The molecule has 3 saturated carbocycles. The third-order valence-electron chi connectivity index (χ3n) is 12.0. The number of Topliss-reactive ketones (excluding diaryl/α,β-unsaturated/α-hetero) is 1. The summed E-state index contributed by atoms with van der Waals surface area (Å²) in [7, 11) is 0. The molecule has 6 N–H and O–H groups in total. The molecular weight excluding hydrogens is 1080 g/mol. The third kappa shape index (κ3) is 6.68. The number of ether oxygens (including phenoxy) is 3. The molecule has 4 fully saturated rings. The van der Waals surface area contributed by atoms with Crippen LogP contribution >= 0.6 is 0 Å². The van der Waals surface area contributed by atoms with Crippen molar-refractivity contribution >= 4 is 23.6 Å². The van der Waals surface area contributed by atoms with Gasteiger partial charge in [-0.3, -0.25) is 9.59 Å². The number of ketones is 1. The average Bonchev–Trinajstić information content (AvgIpc) is 3.87. The number of hydrogen-bond donors (Lipinski definition) is 6. The second kappa shape index (κ2) is 15.1. The van der Waals surface area contributed by atoms with Crippen LogP contribution in [0.4, 0.5) is 0 Å². The number of aliphatic hydroxyl groups is 5. The Kier molecular flexibility index (Phi) is 12.8. The van der Waals surface area contributed by atoms with Gasteiger partial charge in [-0.15, -0.1) is 0 Å². The van der Waals surface area contributed by atoms with Crippen LogP contribution in [0.5, 0.6) is 0 Å². The smallest absolute Gasteiger partial charge is 0.338 e. The second-order valence-electron chi connectivity index (χ2n) is 15.0. The van der Waals surface area contributed by atoms with Gasteiger partial charge >= 0.3 is 11.9 Å². The molecule has 1 aromatic rings. The van der Waals surface area contributed by atoms with E-state index in [1.807, 2.05) is 0 Å². The molecule has 1 aromatic carbocycles. The number of benzene rings is 1. The molecule has 0 spiro atoms. The van der Waals surface area contributed by atoms with E-state index in [2.05, 4.69) is 5.32 Å². The minimum atomic E-state index is -2.24. The van der Waals surface area contributed by atoms with Crippen LogP contribution < -0.4 is 5.32 Å². The fourth-order valence-electron chi connectivity index (χ4n) is 8.88. The Bertz CT molecular complexity index is 1550. The van der Waals surface area contributed by atoms with Crippen molar-refractivity contribution < 1.29 is 147 Å². The summed E-state index contributed by atoms with van der Waals surface area (Å²) in [6, 6.07) is 7.03. The average molecular weight is 1130 g/mol. The zero-order valence-corrected chi connectivity index (χ0v) is 38.4. The zero-order valence-electron chi connectivity index (χ0n) is 28.9. The molecule has 2 radical (unpaired) electrons. The van der Waals surface area contributed by atoms with Gasteiger partial charge in [0.15, 0.2) is 11.9 Å². The van der Waals surface area contributed by atoms with Gasteiger partial charge in [-0.25, -0.2) is 9.59 Å². The van der Waals surface area contributed by atoms with Crippen LogP contribution in [0.25, 0.3) is 0 Å². The van der Waals surface area contributed by atoms with E-state index >= 15 is 0 Å². The summed E-state index contributed by atoms with van der Waals surface area (Å²) >= 11 is 0. The molecule has 1 aliphatic heterocycles. The molecule has 11 atom stereocenters. The number of amides is 1. The Balaban J connectivity index is 0.00000281. The van der Waals surface area contributed by atoms with Crippen LogP contribution in [-0.2, 0) is 28.6 Å². The summed E-state index contributed by atoms with van der Waals surface area (Å²) in [6.07, 6.45) is -8.33. The first kappa shape index (κ1) is 42.4.